The minimum absolute atomic E-state index is 0.0251. The fraction of sp³-hybridized carbons (Fsp3) is 0.261. The van der Waals surface area contributed by atoms with Crippen LogP contribution in [0.5, 0.6) is 11.5 Å². The molecule has 0 unspecified atom stereocenters. The number of hydrogen-bond acceptors (Lipinski definition) is 5. The first-order valence-corrected chi connectivity index (χ1v) is 9.96. The van der Waals surface area contributed by atoms with Crippen molar-refractivity contribution in [2.75, 3.05) is 0 Å². The van der Waals surface area contributed by atoms with E-state index in [1.165, 1.54) is 12.1 Å². The molecule has 164 valence electrons. The number of pyridine rings is 2. The number of rotatable bonds is 5. The zero-order valence-corrected chi connectivity index (χ0v) is 16.9. The third-order valence-electron chi connectivity index (χ3n) is 5.86. The summed E-state index contributed by atoms with van der Waals surface area (Å²) in [5.74, 6) is -0.935. The number of H-pyrrole nitrogens is 1. The lowest BCUT2D eigenvalue weighted by molar-refractivity contribution is -0.286. The number of benzene rings is 1. The standard InChI is InChI=1S/C23H17F3N2O4/c1-12-2-4-14(28-21(12)15-10-20(30)27-11-16(15)24)9-19(29)22(6-7-22)13-3-5-17-18(8-13)32-23(25,26)31-17/h2-5,8,10-11H,6-7,9H2,1H3,(H,27,30). The van der Waals surface area contributed by atoms with Crippen LogP contribution in [0.1, 0.15) is 29.7 Å². The summed E-state index contributed by atoms with van der Waals surface area (Å²) in [6.07, 6.45) is -1.63. The number of carbonyl (C=O) groups is 1. The summed E-state index contributed by atoms with van der Waals surface area (Å²) in [6.45, 7) is 1.74. The summed E-state index contributed by atoms with van der Waals surface area (Å²) in [7, 11) is 0. The summed E-state index contributed by atoms with van der Waals surface area (Å²) in [5.41, 5.74) is 0.729. The minimum atomic E-state index is -3.72. The molecule has 1 aliphatic heterocycles. The van der Waals surface area contributed by atoms with E-state index < -0.39 is 23.1 Å². The second-order valence-electron chi connectivity index (χ2n) is 8.04. The number of nitrogens with zero attached hydrogens (tertiary/aromatic N) is 1. The van der Waals surface area contributed by atoms with Crippen molar-refractivity contribution in [3.63, 3.8) is 0 Å². The highest BCUT2D eigenvalue weighted by atomic mass is 19.3. The summed E-state index contributed by atoms with van der Waals surface area (Å²) >= 11 is 0. The molecular formula is C23H17F3N2O4. The zero-order chi connectivity index (χ0) is 22.7. The van der Waals surface area contributed by atoms with E-state index in [-0.39, 0.29) is 35.0 Å². The number of ether oxygens (including phenoxy) is 2. The monoisotopic (exact) mass is 442 g/mol. The molecule has 0 saturated heterocycles. The van der Waals surface area contributed by atoms with E-state index >= 15 is 0 Å². The molecule has 9 heteroatoms. The number of carbonyl (C=O) groups excluding carboxylic acids is 1. The molecule has 1 N–H and O–H groups in total. The van der Waals surface area contributed by atoms with E-state index in [1.807, 2.05) is 0 Å². The number of halogens is 3. The first-order chi connectivity index (χ1) is 15.2. The molecule has 1 fully saturated rings. The Bertz CT molecular complexity index is 1310. The second kappa shape index (κ2) is 6.94. The third-order valence-corrected chi connectivity index (χ3v) is 5.86. The Hall–Kier alpha value is -3.62. The van der Waals surface area contributed by atoms with Crippen molar-refractivity contribution in [2.24, 2.45) is 0 Å². The molecule has 0 amide bonds. The smallest absolute Gasteiger partial charge is 0.395 e. The van der Waals surface area contributed by atoms with Crippen molar-refractivity contribution in [2.45, 2.75) is 37.9 Å². The van der Waals surface area contributed by atoms with Gasteiger partial charge in [0.1, 0.15) is 11.6 Å². The predicted octanol–water partition coefficient (Wildman–Crippen LogP) is 4.05. The largest absolute Gasteiger partial charge is 0.586 e. The molecule has 0 spiro atoms. The molecule has 0 atom stereocenters. The van der Waals surface area contributed by atoms with Gasteiger partial charge in [0.25, 0.3) is 0 Å². The lowest BCUT2D eigenvalue weighted by Crippen LogP contribution is -2.26. The Kier molecular flexibility index (Phi) is 4.40. The Morgan fingerprint density at radius 1 is 1.12 bits per heavy atom. The van der Waals surface area contributed by atoms with Crippen LogP contribution in [-0.2, 0) is 16.6 Å². The van der Waals surface area contributed by atoms with E-state index in [0.29, 0.717) is 29.7 Å². The van der Waals surface area contributed by atoms with Crippen molar-refractivity contribution < 1.29 is 27.4 Å². The maximum Gasteiger partial charge on any atom is 0.586 e. The van der Waals surface area contributed by atoms with Crippen molar-refractivity contribution >= 4 is 5.78 Å². The number of ketones is 1. The van der Waals surface area contributed by atoms with Gasteiger partial charge in [0.2, 0.25) is 5.56 Å². The number of Topliss-reactive ketones (excluding diaryl/α,β-unsaturated/α-hetero) is 1. The Morgan fingerprint density at radius 3 is 2.62 bits per heavy atom. The quantitative estimate of drug-likeness (QED) is 0.645. The van der Waals surface area contributed by atoms with Crippen LogP contribution in [0.4, 0.5) is 13.2 Å². The van der Waals surface area contributed by atoms with Gasteiger partial charge >= 0.3 is 6.29 Å². The van der Waals surface area contributed by atoms with E-state index in [0.717, 1.165) is 12.3 Å². The molecule has 3 heterocycles. The SMILES string of the molecule is Cc1ccc(CC(=O)C2(c3ccc4c(c3)OC(F)(F)O4)CC2)nc1-c1cc(=O)[nH]cc1F. The van der Waals surface area contributed by atoms with E-state index in [9.17, 15) is 22.8 Å². The lowest BCUT2D eigenvalue weighted by Gasteiger charge is -2.15. The van der Waals surface area contributed by atoms with Gasteiger partial charge in [0.15, 0.2) is 11.5 Å². The predicted molar refractivity (Wildman–Crippen MR) is 107 cm³/mol. The van der Waals surface area contributed by atoms with Gasteiger partial charge in [-0.15, -0.1) is 8.78 Å². The Morgan fingerprint density at radius 2 is 1.88 bits per heavy atom. The maximum atomic E-state index is 14.3. The second-order valence-corrected chi connectivity index (χ2v) is 8.04. The van der Waals surface area contributed by atoms with Gasteiger partial charge in [-0.25, -0.2) is 4.39 Å². The summed E-state index contributed by atoms with van der Waals surface area (Å²) in [6, 6.07) is 8.90. The van der Waals surface area contributed by atoms with Crippen LogP contribution in [0.15, 0.2) is 47.4 Å². The fourth-order valence-corrected chi connectivity index (χ4v) is 4.01. The van der Waals surface area contributed by atoms with Gasteiger partial charge in [-0.3, -0.25) is 14.6 Å². The van der Waals surface area contributed by atoms with Gasteiger partial charge < -0.3 is 14.5 Å². The van der Waals surface area contributed by atoms with Crippen molar-refractivity contribution in [1.82, 2.24) is 9.97 Å². The molecule has 5 rings (SSSR count). The van der Waals surface area contributed by atoms with Crippen molar-refractivity contribution in [3.8, 4) is 22.8 Å². The number of aryl methyl sites for hydroxylation is 1. The van der Waals surface area contributed by atoms with Crippen LogP contribution in [0.25, 0.3) is 11.3 Å². The van der Waals surface area contributed by atoms with Gasteiger partial charge in [-0.1, -0.05) is 12.1 Å². The van der Waals surface area contributed by atoms with Crippen LogP contribution in [-0.4, -0.2) is 22.0 Å². The molecule has 1 saturated carbocycles. The molecule has 0 bridgehead atoms. The van der Waals surface area contributed by atoms with Crippen molar-refractivity contribution in [1.29, 1.82) is 0 Å². The highest BCUT2D eigenvalue weighted by molar-refractivity contribution is 5.94. The summed E-state index contributed by atoms with van der Waals surface area (Å²) in [5, 5.41) is 0. The Labute approximate surface area is 180 Å². The van der Waals surface area contributed by atoms with Crippen LogP contribution < -0.4 is 15.0 Å². The first kappa shape index (κ1) is 20.3. The van der Waals surface area contributed by atoms with E-state index in [1.54, 1.807) is 25.1 Å². The average molecular weight is 442 g/mol. The van der Waals surface area contributed by atoms with Gasteiger partial charge in [0.05, 0.1) is 11.1 Å². The molecule has 3 aromatic rings. The third kappa shape index (κ3) is 3.43. The number of aromatic amines is 1. The number of hydrogen-bond donors (Lipinski definition) is 1. The minimum Gasteiger partial charge on any atom is -0.395 e. The normalized spacial score (nSPS) is 17.2. The van der Waals surface area contributed by atoms with Gasteiger partial charge in [-0.2, -0.15) is 0 Å². The molecule has 2 aliphatic rings. The molecule has 6 nitrogen and oxygen atoms in total. The number of fused-ring (bicyclic) bond motifs is 1. The van der Waals surface area contributed by atoms with Crippen LogP contribution in [0.3, 0.4) is 0 Å². The molecular weight excluding hydrogens is 425 g/mol. The van der Waals surface area contributed by atoms with Crippen LogP contribution in [0.2, 0.25) is 0 Å². The zero-order valence-electron chi connectivity index (χ0n) is 16.9. The van der Waals surface area contributed by atoms with Crippen molar-refractivity contribution in [3.05, 3.63) is 75.6 Å². The maximum absolute atomic E-state index is 14.3. The topological polar surface area (TPSA) is 81.3 Å². The number of alkyl halides is 2. The summed E-state index contributed by atoms with van der Waals surface area (Å²) < 4.78 is 49.8. The molecule has 2 aromatic heterocycles. The van der Waals surface area contributed by atoms with Gasteiger partial charge in [0, 0.05) is 29.9 Å². The molecule has 1 aliphatic carbocycles. The molecule has 1 aromatic carbocycles. The highest BCUT2D eigenvalue weighted by Gasteiger charge is 2.52. The number of aromatic nitrogens is 2. The highest BCUT2D eigenvalue weighted by Crippen LogP contribution is 2.52. The lowest BCUT2D eigenvalue weighted by atomic mass is 9.88. The Balaban J connectivity index is 1.43. The fourth-order valence-electron chi connectivity index (χ4n) is 4.01. The summed E-state index contributed by atoms with van der Waals surface area (Å²) in [4.78, 5) is 31.5. The van der Waals surface area contributed by atoms with E-state index in [2.05, 4.69) is 19.4 Å². The number of nitrogens with one attached hydrogen (secondary N) is 1. The average Bonchev–Trinajstić information content (AvgIpc) is 3.48. The first-order valence-electron chi connectivity index (χ1n) is 9.96. The van der Waals surface area contributed by atoms with E-state index in [4.69, 9.17) is 0 Å². The van der Waals surface area contributed by atoms with Gasteiger partial charge in [-0.05, 0) is 49.1 Å². The van der Waals surface area contributed by atoms with Crippen LogP contribution >= 0.6 is 0 Å². The molecule has 0 radical (unpaired) electrons. The molecule has 32 heavy (non-hydrogen) atoms. The van der Waals surface area contributed by atoms with Crippen LogP contribution in [0, 0.1) is 12.7 Å².